The Morgan fingerprint density at radius 1 is 1.50 bits per heavy atom. The van der Waals surface area contributed by atoms with Crippen molar-refractivity contribution in [1.82, 2.24) is 0 Å². The summed E-state index contributed by atoms with van der Waals surface area (Å²) in [5.74, 6) is -2.09. The van der Waals surface area contributed by atoms with Crippen LogP contribution in [0.15, 0.2) is 18.2 Å². The number of esters is 1. The predicted octanol–water partition coefficient (Wildman–Crippen LogP) is 1.82. The first-order valence-corrected chi connectivity index (χ1v) is 4.15. The van der Waals surface area contributed by atoms with E-state index in [0.29, 0.717) is 5.56 Å². The van der Waals surface area contributed by atoms with E-state index in [-0.39, 0.29) is 5.56 Å². The lowest BCUT2D eigenvalue weighted by molar-refractivity contribution is -0.172. The van der Waals surface area contributed by atoms with Crippen LogP contribution < -0.4 is 0 Å². The van der Waals surface area contributed by atoms with Crippen LogP contribution in [0.3, 0.4) is 0 Å². The minimum absolute atomic E-state index is 0.231. The van der Waals surface area contributed by atoms with Gasteiger partial charge in [0.25, 0.3) is 0 Å². The van der Waals surface area contributed by atoms with Gasteiger partial charge in [-0.3, -0.25) is 0 Å². The van der Waals surface area contributed by atoms with Gasteiger partial charge in [-0.2, -0.15) is 0 Å². The fraction of sp³-hybridized carbons (Fsp3) is 0.300. The van der Waals surface area contributed by atoms with E-state index in [9.17, 15) is 9.18 Å². The van der Waals surface area contributed by atoms with E-state index in [1.165, 1.54) is 19.2 Å². The molecule has 0 bridgehead atoms. The average molecular weight is 196 g/mol. The molecule has 2 rings (SSSR count). The molecular formula is C10H9FO3. The Balaban J connectivity index is 2.61. The monoisotopic (exact) mass is 196 g/mol. The van der Waals surface area contributed by atoms with Crippen LogP contribution in [-0.2, 0) is 15.3 Å². The van der Waals surface area contributed by atoms with Gasteiger partial charge >= 0.3 is 5.97 Å². The average Bonchev–Trinajstić information content (AvgIpc) is 2.40. The number of carbonyl (C=O) groups excluding carboxylic acids is 1. The van der Waals surface area contributed by atoms with Crippen molar-refractivity contribution in [2.45, 2.75) is 12.7 Å². The number of cyclic esters (lactones) is 1. The summed E-state index contributed by atoms with van der Waals surface area (Å²) < 4.78 is 22.9. The smallest absolute Gasteiger partial charge is 0.341 e. The first kappa shape index (κ1) is 9.15. The lowest BCUT2D eigenvalue weighted by Gasteiger charge is -2.21. The maximum Gasteiger partial charge on any atom is 0.341 e. The van der Waals surface area contributed by atoms with Crippen molar-refractivity contribution >= 4 is 5.97 Å². The van der Waals surface area contributed by atoms with Crippen molar-refractivity contribution in [3.63, 3.8) is 0 Å². The highest BCUT2D eigenvalue weighted by Crippen LogP contribution is 2.36. The molecule has 0 aliphatic carbocycles. The fourth-order valence-corrected chi connectivity index (χ4v) is 1.52. The molecular weight excluding hydrogens is 187 g/mol. The topological polar surface area (TPSA) is 35.5 Å². The standard InChI is InChI=1S/C10H9FO3/c1-10(13-2)8-4-3-6(11)5-7(8)9(12)14-10/h3-5H,1-2H3. The maximum atomic E-state index is 12.8. The number of carbonyl (C=O) groups is 1. The van der Waals surface area contributed by atoms with Crippen molar-refractivity contribution in [3.8, 4) is 0 Å². The van der Waals surface area contributed by atoms with E-state index in [1.54, 1.807) is 6.92 Å². The second-order valence-corrected chi connectivity index (χ2v) is 3.23. The number of ether oxygens (including phenoxy) is 2. The number of fused-ring (bicyclic) bond motifs is 1. The molecule has 0 N–H and O–H groups in total. The summed E-state index contributed by atoms with van der Waals surface area (Å²) in [6.45, 7) is 1.62. The number of benzene rings is 1. The Labute approximate surface area is 80.4 Å². The highest BCUT2D eigenvalue weighted by molar-refractivity contribution is 5.94. The Morgan fingerprint density at radius 3 is 2.86 bits per heavy atom. The molecule has 1 aromatic carbocycles. The van der Waals surface area contributed by atoms with E-state index in [4.69, 9.17) is 9.47 Å². The largest absolute Gasteiger partial charge is 0.425 e. The summed E-state index contributed by atoms with van der Waals surface area (Å²) in [6, 6.07) is 3.93. The zero-order chi connectivity index (χ0) is 10.3. The van der Waals surface area contributed by atoms with E-state index < -0.39 is 17.6 Å². The first-order chi connectivity index (χ1) is 6.57. The van der Waals surface area contributed by atoms with Crippen LogP contribution in [0.5, 0.6) is 0 Å². The summed E-state index contributed by atoms with van der Waals surface area (Å²) in [5, 5.41) is 0. The molecule has 1 aliphatic heterocycles. The lowest BCUT2D eigenvalue weighted by Crippen LogP contribution is -2.23. The van der Waals surface area contributed by atoms with Crippen LogP contribution in [-0.4, -0.2) is 13.1 Å². The molecule has 0 aromatic heterocycles. The molecule has 74 valence electrons. The highest BCUT2D eigenvalue weighted by Gasteiger charge is 2.42. The summed E-state index contributed by atoms with van der Waals surface area (Å²) in [7, 11) is 1.44. The van der Waals surface area contributed by atoms with Gasteiger partial charge in [0.15, 0.2) is 0 Å². The third-order valence-electron chi connectivity index (χ3n) is 2.37. The number of rotatable bonds is 1. The van der Waals surface area contributed by atoms with Crippen LogP contribution in [0.2, 0.25) is 0 Å². The van der Waals surface area contributed by atoms with E-state index in [2.05, 4.69) is 0 Å². The Bertz CT molecular complexity index is 402. The van der Waals surface area contributed by atoms with Gasteiger partial charge in [-0.25, -0.2) is 9.18 Å². The van der Waals surface area contributed by atoms with E-state index in [0.717, 1.165) is 6.07 Å². The molecule has 0 saturated carbocycles. The quantitative estimate of drug-likeness (QED) is 0.642. The Hall–Kier alpha value is -1.42. The molecule has 1 heterocycles. The molecule has 0 radical (unpaired) electrons. The van der Waals surface area contributed by atoms with Crippen molar-refractivity contribution in [2.24, 2.45) is 0 Å². The highest BCUT2D eigenvalue weighted by atomic mass is 19.1. The van der Waals surface area contributed by atoms with Gasteiger partial charge in [-0.1, -0.05) is 0 Å². The predicted molar refractivity (Wildman–Crippen MR) is 46.2 cm³/mol. The lowest BCUT2D eigenvalue weighted by atomic mass is 10.0. The molecule has 1 unspecified atom stereocenters. The van der Waals surface area contributed by atoms with Gasteiger partial charge in [0.05, 0.1) is 5.56 Å². The number of methoxy groups -OCH3 is 1. The van der Waals surface area contributed by atoms with Crippen molar-refractivity contribution < 1.29 is 18.7 Å². The van der Waals surface area contributed by atoms with Crippen LogP contribution in [0.25, 0.3) is 0 Å². The molecule has 4 heteroatoms. The molecule has 0 saturated heterocycles. The van der Waals surface area contributed by atoms with E-state index >= 15 is 0 Å². The van der Waals surface area contributed by atoms with Gasteiger partial charge in [0.2, 0.25) is 5.79 Å². The molecule has 1 aromatic rings. The second kappa shape index (κ2) is 2.78. The minimum atomic E-state index is -1.08. The molecule has 0 amide bonds. The summed E-state index contributed by atoms with van der Waals surface area (Å²) in [6.07, 6.45) is 0. The van der Waals surface area contributed by atoms with Gasteiger partial charge in [-0.05, 0) is 18.2 Å². The zero-order valence-electron chi connectivity index (χ0n) is 7.83. The summed E-state index contributed by atoms with van der Waals surface area (Å²) >= 11 is 0. The fourth-order valence-electron chi connectivity index (χ4n) is 1.52. The van der Waals surface area contributed by atoms with Crippen LogP contribution in [0.4, 0.5) is 4.39 Å². The van der Waals surface area contributed by atoms with Crippen LogP contribution in [0.1, 0.15) is 22.8 Å². The normalized spacial score (nSPS) is 24.6. The number of hydrogen-bond acceptors (Lipinski definition) is 3. The number of hydrogen-bond donors (Lipinski definition) is 0. The van der Waals surface area contributed by atoms with Crippen molar-refractivity contribution in [1.29, 1.82) is 0 Å². The Morgan fingerprint density at radius 2 is 2.21 bits per heavy atom. The SMILES string of the molecule is COC1(C)OC(=O)c2cc(F)ccc21. The van der Waals surface area contributed by atoms with Crippen LogP contribution >= 0.6 is 0 Å². The Kier molecular flexibility index (Phi) is 1.82. The van der Waals surface area contributed by atoms with Crippen LogP contribution in [0, 0.1) is 5.82 Å². The van der Waals surface area contributed by atoms with Crippen molar-refractivity contribution in [2.75, 3.05) is 7.11 Å². The van der Waals surface area contributed by atoms with E-state index in [1.807, 2.05) is 0 Å². The van der Waals surface area contributed by atoms with Gasteiger partial charge in [-0.15, -0.1) is 0 Å². The number of halogens is 1. The minimum Gasteiger partial charge on any atom is -0.425 e. The van der Waals surface area contributed by atoms with Gasteiger partial charge in [0.1, 0.15) is 5.82 Å². The second-order valence-electron chi connectivity index (χ2n) is 3.23. The molecule has 3 nitrogen and oxygen atoms in total. The summed E-state index contributed by atoms with van der Waals surface area (Å²) in [5.41, 5.74) is 0.792. The third kappa shape index (κ3) is 1.11. The first-order valence-electron chi connectivity index (χ1n) is 4.15. The van der Waals surface area contributed by atoms with Gasteiger partial charge in [0, 0.05) is 19.6 Å². The maximum absolute atomic E-state index is 12.8. The third-order valence-corrected chi connectivity index (χ3v) is 2.37. The van der Waals surface area contributed by atoms with Gasteiger partial charge < -0.3 is 9.47 Å². The zero-order valence-corrected chi connectivity index (χ0v) is 7.83. The molecule has 1 aliphatic rings. The molecule has 14 heavy (non-hydrogen) atoms. The summed E-state index contributed by atoms with van der Waals surface area (Å²) in [4.78, 5) is 11.3. The van der Waals surface area contributed by atoms with Crippen molar-refractivity contribution in [3.05, 3.63) is 35.1 Å². The molecule has 0 spiro atoms. The molecule has 0 fully saturated rings. The molecule has 1 atom stereocenters.